The van der Waals surface area contributed by atoms with Crippen molar-refractivity contribution in [2.75, 3.05) is 6.54 Å². The largest absolute Gasteiger partial charge is 0.356 e. The number of carbonyl (C=O) groups is 1. The molecule has 0 saturated carbocycles. The third-order valence-electron chi connectivity index (χ3n) is 4.09. The average Bonchev–Trinajstić information content (AvgIpc) is 3.34. The van der Waals surface area contributed by atoms with E-state index in [1.54, 1.807) is 24.5 Å². The summed E-state index contributed by atoms with van der Waals surface area (Å²) in [4.78, 5) is 24.8. The van der Waals surface area contributed by atoms with Gasteiger partial charge in [0.05, 0.1) is 5.69 Å². The van der Waals surface area contributed by atoms with Gasteiger partial charge in [-0.1, -0.05) is 11.2 Å². The minimum absolute atomic E-state index is 0.0533. The van der Waals surface area contributed by atoms with Gasteiger partial charge in [0, 0.05) is 56.2 Å². The first kappa shape index (κ1) is 16.9. The maximum absolute atomic E-state index is 12.0. The third kappa shape index (κ3) is 4.17. The number of fused-ring (bicyclic) bond motifs is 1. The number of aryl methyl sites for hydroxylation is 1. The molecule has 0 spiro atoms. The molecule has 0 aliphatic heterocycles. The molecule has 0 fully saturated rings. The molecule has 0 bridgehead atoms. The van der Waals surface area contributed by atoms with Crippen molar-refractivity contribution in [3.05, 3.63) is 66.7 Å². The molecule has 8 nitrogen and oxygen atoms in total. The Balaban J connectivity index is 1.23. The lowest BCUT2D eigenvalue weighted by Gasteiger charge is -2.02. The molecule has 0 unspecified atom stereocenters. The molecular formula is C19H18N6O2. The second kappa shape index (κ2) is 7.77. The van der Waals surface area contributed by atoms with Gasteiger partial charge < -0.3 is 14.2 Å². The minimum atomic E-state index is -0.0533. The van der Waals surface area contributed by atoms with Gasteiger partial charge in [0.2, 0.25) is 17.6 Å². The second-order valence-electron chi connectivity index (χ2n) is 6.05. The van der Waals surface area contributed by atoms with Gasteiger partial charge in [-0.05, 0) is 24.3 Å². The van der Waals surface area contributed by atoms with Gasteiger partial charge in [-0.3, -0.25) is 9.78 Å². The van der Waals surface area contributed by atoms with E-state index in [1.165, 1.54) is 0 Å². The Morgan fingerprint density at radius 3 is 2.85 bits per heavy atom. The predicted octanol–water partition coefficient (Wildman–Crippen LogP) is 2.07. The summed E-state index contributed by atoms with van der Waals surface area (Å²) in [5.41, 5.74) is 2.68. The Kier molecular flexibility index (Phi) is 4.86. The van der Waals surface area contributed by atoms with E-state index >= 15 is 0 Å². The van der Waals surface area contributed by atoms with Crippen LogP contribution in [0.2, 0.25) is 0 Å². The summed E-state index contributed by atoms with van der Waals surface area (Å²) in [5, 5.41) is 6.83. The second-order valence-corrected chi connectivity index (χ2v) is 6.05. The van der Waals surface area contributed by atoms with Crippen LogP contribution in [0.4, 0.5) is 0 Å². The number of amides is 1. The zero-order valence-electron chi connectivity index (χ0n) is 14.6. The number of nitrogens with one attached hydrogen (secondary N) is 1. The first-order chi connectivity index (χ1) is 13.3. The van der Waals surface area contributed by atoms with Crippen molar-refractivity contribution in [1.82, 2.24) is 29.8 Å². The normalized spacial score (nSPS) is 11.0. The molecule has 27 heavy (non-hydrogen) atoms. The van der Waals surface area contributed by atoms with E-state index in [4.69, 9.17) is 4.52 Å². The maximum atomic E-state index is 12.0. The molecular weight excluding hydrogens is 344 g/mol. The standard InChI is InChI=1S/C19H18N6O2/c26-17(21-11-8-15-13-25-12-2-1-3-16(25)22-15)4-5-18-23-19(24-27-18)14-6-9-20-10-7-14/h1-3,6-7,9-10,12-13H,4-5,8,11H2,(H,21,26). The SMILES string of the molecule is O=C(CCc1nc(-c2ccncc2)no1)NCCc1cn2ccccc2n1. The van der Waals surface area contributed by atoms with Crippen molar-refractivity contribution in [2.45, 2.75) is 19.3 Å². The number of pyridine rings is 2. The zero-order chi connectivity index (χ0) is 18.5. The van der Waals surface area contributed by atoms with Gasteiger partial charge in [-0.25, -0.2) is 4.98 Å². The van der Waals surface area contributed by atoms with Crippen molar-refractivity contribution < 1.29 is 9.32 Å². The lowest BCUT2D eigenvalue weighted by Crippen LogP contribution is -2.26. The Hall–Kier alpha value is -3.55. The van der Waals surface area contributed by atoms with E-state index in [1.807, 2.05) is 35.0 Å². The molecule has 0 atom stereocenters. The van der Waals surface area contributed by atoms with E-state index in [0.29, 0.717) is 37.5 Å². The van der Waals surface area contributed by atoms with Crippen LogP contribution in [0.1, 0.15) is 18.0 Å². The quantitative estimate of drug-likeness (QED) is 0.540. The molecule has 0 saturated heterocycles. The zero-order valence-corrected chi connectivity index (χ0v) is 14.6. The molecule has 0 aliphatic rings. The van der Waals surface area contributed by atoms with Crippen LogP contribution in [0.3, 0.4) is 0 Å². The van der Waals surface area contributed by atoms with Crippen LogP contribution < -0.4 is 5.32 Å². The van der Waals surface area contributed by atoms with Crippen molar-refractivity contribution in [3.8, 4) is 11.4 Å². The van der Waals surface area contributed by atoms with Crippen molar-refractivity contribution in [1.29, 1.82) is 0 Å². The fourth-order valence-corrected chi connectivity index (χ4v) is 2.72. The third-order valence-corrected chi connectivity index (χ3v) is 4.09. The number of carbonyl (C=O) groups excluding carboxylic acids is 1. The van der Waals surface area contributed by atoms with Gasteiger partial charge in [0.15, 0.2) is 0 Å². The van der Waals surface area contributed by atoms with Crippen LogP contribution in [-0.2, 0) is 17.6 Å². The van der Waals surface area contributed by atoms with E-state index in [9.17, 15) is 4.79 Å². The van der Waals surface area contributed by atoms with Crippen LogP contribution in [0.25, 0.3) is 17.0 Å². The Bertz CT molecular complexity index is 1010. The molecule has 4 heterocycles. The lowest BCUT2D eigenvalue weighted by molar-refractivity contribution is -0.121. The number of hydrogen-bond acceptors (Lipinski definition) is 6. The maximum Gasteiger partial charge on any atom is 0.227 e. The van der Waals surface area contributed by atoms with Crippen molar-refractivity contribution >= 4 is 11.6 Å². The highest BCUT2D eigenvalue weighted by Crippen LogP contribution is 2.14. The Labute approximate surface area is 155 Å². The molecule has 1 N–H and O–H groups in total. The number of rotatable bonds is 7. The summed E-state index contributed by atoms with van der Waals surface area (Å²) in [6.45, 7) is 0.537. The number of nitrogens with zero attached hydrogens (tertiary/aromatic N) is 5. The van der Waals surface area contributed by atoms with E-state index in [0.717, 1.165) is 16.9 Å². The van der Waals surface area contributed by atoms with E-state index in [-0.39, 0.29) is 5.91 Å². The molecule has 8 heteroatoms. The Morgan fingerprint density at radius 1 is 1.11 bits per heavy atom. The summed E-state index contributed by atoms with van der Waals surface area (Å²) < 4.78 is 7.17. The van der Waals surface area contributed by atoms with Gasteiger partial charge in [0.25, 0.3) is 0 Å². The molecule has 0 aromatic carbocycles. The fraction of sp³-hybridized carbons (Fsp3) is 0.211. The summed E-state index contributed by atoms with van der Waals surface area (Å²) in [7, 11) is 0. The van der Waals surface area contributed by atoms with Crippen LogP contribution >= 0.6 is 0 Å². The predicted molar refractivity (Wildman–Crippen MR) is 97.8 cm³/mol. The molecule has 4 rings (SSSR count). The lowest BCUT2D eigenvalue weighted by atomic mass is 10.2. The molecule has 136 valence electrons. The van der Waals surface area contributed by atoms with Crippen LogP contribution in [0.15, 0.2) is 59.6 Å². The molecule has 4 aromatic heterocycles. The summed E-state index contributed by atoms with van der Waals surface area (Å²) in [5.74, 6) is 0.888. The van der Waals surface area contributed by atoms with Crippen LogP contribution in [-0.4, -0.2) is 37.0 Å². The average molecular weight is 362 g/mol. The summed E-state index contributed by atoms with van der Waals surface area (Å²) in [6, 6.07) is 9.47. The van der Waals surface area contributed by atoms with Gasteiger partial charge >= 0.3 is 0 Å². The highest BCUT2D eigenvalue weighted by atomic mass is 16.5. The highest BCUT2D eigenvalue weighted by Gasteiger charge is 2.10. The van der Waals surface area contributed by atoms with Crippen LogP contribution in [0, 0.1) is 0 Å². The topological polar surface area (TPSA) is 98.2 Å². The fourth-order valence-electron chi connectivity index (χ4n) is 2.72. The smallest absolute Gasteiger partial charge is 0.227 e. The number of imidazole rings is 1. The molecule has 0 aliphatic carbocycles. The number of aromatic nitrogens is 5. The van der Waals surface area contributed by atoms with Crippen LogP contribution in [0.5, 0.6) is 0 Å². The molecule has 4 aromatic rings. The number of hydrogen-bond donors (Lipinski definition) is 1. The summed E-state index contributed by atoms with van der Waals surface area (Å²) in [6.07, 6.45) is 8.64. The van der Waals surface area contributed by atoms with Crippen molar-refractivity contribution in [3.63, 3.8) is 0 Å². The minimum Gasteiger partial charge on any atom is -0.356 e. The Morgan fingerprint density at radius 2 is 2.00 bits per heavy atom. The van der Waals surface area contributed by atoms with Gasteiger partial charge in [-0.2, -0.15) is 4.98 Å². The summed E-state index contributed by atoms with van der Waals surface area (Å²) >= 11 is 0. The first-order valence-corrected chi connectivity index (χ1v) is 8.70. The monoisotopic (exact) mass is 362 g/mol. The molecule has 1 amide bonds. The van der Waals surface area contributed by atoms with Crippen molar-refractivity contribution in [2.24, 2.45) is 0 Å². The van der Waals surface area contributed by atoms with Gasteiger partial charge in [0.1, 0.15) is 5.65 Å². The van der Waals surface area contributed by atoms with Gasteiger partial charge in [-0.15, -0.1) is 0 Å². The molecule has 0 radical (unpaired) electrons. The van der Waals surface area contributed by atoms with E-state index < -0.39 is 0 Å². The first-order valence-electron chi connectivity index (χ1n) is 8.70. The van der Waals surface area contributed by atoms with E-state index in [2.05, 4.69) is 25.4 Å². The highest BCUT2D eigenvalue weighted by molar-refractivity contribution is 5.76.